The molecule has 1 aromatic rings. The Balaban J connectivity index is 2.50. The lowest BCUT2D eigenvalue weighted by atomic mass is 10.0. The van der Waals surface area contributed by atoms with E-state index in [2.05, 4.69) is 41.4 Å². The van der Waals surface area contributed by atoms with Gasteiger partial charge in [0.1, 0.15) is 5.84 Å². The van der Waals surface area contributed by atoms with Crippen molar-refractivity contribution < 1.29 is 5.21 Å². The summed E-state index contributed by atoms with van der Waals surface area (Å²) in [5.74, 6) is 0.250. The Labute approximate surface area is 127 Å². The van der Waals surface area contributed by atoms with Crippen molar-refractivity contribution in [2.75, 3.05) is 26.2 Å². The van der Waals surface area contributed by atoms with Gasteiger partial charge in [-0.1, -0.05) is 49.3 Å². The summed E-state index contributed by atoms with van der Waals surface area (Å²) in [6, 6.07) is 10.2. The van der Waals surface area contributed by atoms with Crippen LogP contribution in [0.4, 0.5) is 0 Å². The SMILES string of the molecule is CCN(CC)CCCNC(CC(N)=NO)c1ccccc1. The van der Waals surface area contributed by atoms with Gasteiger partial charge in [-0.25, -0.2) is 0 Å². The Bertz CT molecular complexity index is 404. The Morgan fingerprint density at radius 3 is 2.52 bits per heavy atom. The van der Waals surface area contributed by atoms with Crippen LogP contribution in [0.5, 0.6) is 0 Å². The van der Waals surface area contributed by atoms with Crippen LogP contribution >= 0.6 is 0 Å². The van der Waals surface area contributed by atoms with Gasteiger partial charge >= 0.3 is 0 Å². The molecule has 0 fully saturated rings. The number of nitrogens with zero attached hydrogens (tertiary/aromatic N) is 2. The van der Waals surface area contributed by atoms with Crippen LogP contribution < -0.4 is 11.1 Å². The van der Waals surface area contributed by atoms with Gasteiger partial charge in [-0.05, 0) is 38.2 Å². The number of oxime groups is 1. The number of amidine groups is 1. The lowest BCUT2D eigenvalue weighted by Crippen LogP contribution is -2.31. The largest absolute Gasteiger partial charge is 0.409 e. The molecule has 0 aliphatic rings. The molecule has 5 nitrogen and oxygen atoms in total. The molecule has 1 rings (SSSR count). The second kappa shape index (κ2) is 10.2. The molecule has 118 valence electrons. The summed E-state index contributed by atoms with van der Waals surface area (Å²) < 4.78 is 0. The maximum Gasteiger partial charge on any atom is 0.141 e. The van der Waals surface area contributed by atoms with E-state index < -0.39 is 0 Å². The smallest absolute Gasteiger partial charge is 0.141 e. The summed E-state index contributed by atoms with van der Waals surface area (Å²) in [4.78, 5) is 2.41. The van der Waals surface area contributed by atoms with Crippen LogP contribution in [0.1, 0.15) is 38.3 Å². The van der Waals surface area contributed by atoms with Crippen molar-refractivity contribution in [2.45, 2.75) is 32.7 Å². The van der Waals surface area contributed by atoms with Crippen molar-refractivity contribution in [3.63, 3.8) is 0 Å². The highest BCUT2D eigenvalue weighted by molar-refractivity contribution is 5.80. The van der Waals surface area contributed by atoms with E-state index in [-0.39, 0.29) is 11.9 Å². The highest BCUT2D eigenvalue weighted by atomic mass is 16.4. The van der Waals surface area contributed by atoms with Crippen molar-refractivity contribution in [1.29, 1.82) is 0 Å². The van der Waals surface area contributed by atoms with Crippen LogP contribution in [0.3, 0.4) is 0 Å². The highest BCUT2D eigenvalue weighted by Gasteiger charge is 2.12. The molecule has 0 aliphatic carbocycles. The third-order valence-electron chi connectivity index (χ3n) is 3.68. The number of benzene rings is 1. The lowest BCUT2D eigenvalue weighted by Gasteiger charge is -2.21. The number of hydrogen-bond donors (Lipinski definition) is 3. The molecule has 0 saturated heterocycles. The van der Waals surface area contributed by atoms with Crippen molar-refractivity contribution >= 4 is 5.84 Å². The molecule has 0 saturated carbocycles. The minimum absolute atomic E-state index is 0.0822. The van der Waals surface area contributed by atoms with Gasteiger partial charge in [-0.3, -0.25) is 0 Å². The zero-order chi connectivity index (χ0) is 15.5. The summed E-state index contributed by atoms with van der Waals surface area (Å²) in [5.41, 5.74) is 6.82. The maximum atomic E-state index is 8.77. The van der Waals surface area contributed by atoms with Gasteiger partial charge in [-0.2, -0.15) is 0 Å². The molecule has 0 heterocycles. The Hall–Kier alpha value is -1.59. The average molecular weight is 292 g/mol. The van der Waals surface area contributed by atoms with Crippen molar-refractivity contribution in [3.8, 4) is 0 Å². The van der Waals surface area contributed by atoms with Crippen LogP contribution in [0.2, 0.25) is 0 Å². The number of hydrogen-bond acceptors (Lipinski definition) is 4. The van der Waals surface area contributed by atoms with Gasteiger partial charge in [0.05, 0.1) is 0 Å². The minimum atomic E-state index is 0.0822. The normalized spacial score (nSPS) is 13.6. The molecule has 1 unspecified atom stereocenters. The molecule has 0 aromatic heterocycles. The number of nitrogens with two attached hydrogens (primary N) is 1. The molecule has 1 atom stereocenters. The van der Waals surface area contributed by atoms with Crippen LogP contribution in [-0.4, -0.2) is 42.1 Å². The lowest BCUT2D eigenvalue weighted by molar-refractivity contribution is 0.295. The fraction of sp³-hybridized carbons (Fsp3) is 0.562. The molecular weight excluding hydrogens is 264 g/mol. The predicted molar refractivity (Wildman–Crippen MR) is 87.6 cm³/mol. The fourth-order valence-electron chi connectivity index (χ4n) is 2.36. The van der Waals surface area contributed by atoms with E-state index in [1.165, 1.54) is 0 Å². The molecule has 0 bridgehead atoms. The van der Waals surface area contributed by atoms with E-state index in [0.29, 0.717) is 6.42 Å². The molecule has 0 aliphatic heterocycles. The molecule has 0 spiro atoms. The molecule has 1 aromatic carbocycles. The molecule has 0 radical (unpaired) electrons. The highest BCUT2D eigenvalue weighted by Crippen LogP contribution is 2.16. The predicted octanol–water partition coefficient (Wildman–Crippen LogP) is 2.19. The van der Waals surface area contributed by atoms with Gasteiger partial charge in [0, 0.05) is 12.5 Å². The van der Waals surface area contributed by atoms with E-state index in [0.717, 1.165) is 38.2 Å². The molecule has 0 amide bonds. The first-order chi connectivity index (χ1) is 10.2. The Morgan fingerprint density at radius 2 is 1.95 bits per heavy atom. The number of rotatable bonds is 10. The van der Waals surface area contributed by atoms with Crippen LogP contribution in [0.25, 0.3) is 0 Å². The summed E-state index contributed by atoms with van der Waals surface area (Å²) in [6.45, 7) is 8.54. The van der Waals surface area contributed by atoms with Gasteiger partial charge < -0.3 is 21.2 Å². The fourth-order valence-corrected chi connectivity index (χ4v) is 2.36. The quantitative estimate of drug-likeness (QED) is 0.203. The third-order valence-corrected chi connectivity index (χ3v) is 3.68. The summed E-state index contributed by atoms with van der Waals surface area (Å²) in [7, 11) is 0. The second-order valence-corrected chi connectivity index (χ2v) is 5.09. The summed E-state index contributed by atoms with van der Waals surface area (Å²) >= 11 is 0. The minimum Gasteiger partial charge on any atom is -0.409 e. The van der Waals surface area contributed by atoms with Crippen LogP contribution in [-0.2, 0) is 0 Å². The topological polar surface area (TPSA) is 73.9 Å². The monoisotopic (exact) mass is 292 g/mol. The first kappa shape index (κ1) is 17.5. The van der Waals surface area contributed by atoms with Gasteiger partial charge in [0.25, 0.3) is 0 Å². The van der Waals surface area contributed by atoms with Gasteiger partial charge in [0.15, 0.2) is 0 Å². The average Bonchev–Trinajstić information content (AvgIpc) is 2.54. The third kappa shape index (κ3) is 6.60. The van der Waals surface area contributed by atoms with Crippen LogP contribution in [0.15, 0.2) is 35.5 Å². The first-order valence-corrected chi connectivity index (χ1v) is 7.68. The first-order valence-electron chi connectivity index (χ1n) is 7.68. The summed E-state index contributed by atoms with van der Waals surface area (Å²) in [5, 5.41) is 15.4. The Kier molecular flexibility index (Phi) is 8.47. The molecule has 5 heteroatoms. The Morgan fingerprint density at radius 1 is 1.29 bits per heavy atom. The maximum absolute atomic E-state index is 8.77. The molecule has 21 heavy (non-hydrogen) atoms. The van der Waals surface area contributed by atoms with Crippen molar-refractivity contribution in [3.05, 3.63) is 35.9 Å². The van der Waals surface area contributed by atoms with Crippen molar-refractivity contribution in [2.24, 2.45) is 10.9 Å². The van der Waals surface area contributed by atoms with E-state index >= 15 is 0 Å². The molecular formula is C16H28N4O. The molecule has 4 N–H and O–H groups in total. The van der Waals surface area contributed by atoms with Gasteiger partial charge in [-0.15, -0.1) is 0 Å². The van der Waals surface area contributed by atoms with E-state index in [1.807, 2.05) is 18.2 Å². The zero-order valence-electron chi connectivity index (χ0n) is 13.1. The van der Waals surface area contributed by atoms with E-state index in [1.54, 1.807) is 0 Å². The van der Waals surface area contributed by atoms with Crippen molar-refractivity contribution in [1.82, 2.24) is 10.2 Å². The van der Waals surface area contributed by atoms with E-state index in [4.69, 9.17) is 10.9 Å². The van der Waals surface area contributed by atoms with E-state index in [9.17, 15) is 0 Å². The summed E-state index contributed by atoms with van der Waals surface area (Å²) in [6.07, 6.45) is 1.59. The number of nitrogens with one attached hydrogen (secondary N) is 1. The zero-order valence-corrected chi connectivity index (χ0v) is 13.1. The standard InChI is InChI=1S/C16H28N4O/c1-3-20(4-2)12-8-11-18-15(13-16(17)19-21)14-9-6-5-7-10-14/h5-7,9-10,15,18,21H,3-4,8,11-13H2,1-2H3,(H2,17,19). The van der Waals surface area contributed by atoms with Gasteiger partial charge in [0.2, 0.25) is 0 Å². The second-order valence-electron chi connectivity index (χ2n) is 5.09. The van der Waals surface area contributed by atoms with Crippen LogP contribution in [0, 0.1) is 0 Å².